The Morgan fingerprint density at radius 1 is 1.33 bits per heavy atom. The lowest BCUT2D eigenvalue weighted by Crippen LogP contribution is -2.24. The largest absolute Gasteiger partial charge is 0.494 e. The Hall–Kier alpha value is -1.66. The van der Waals surface area contributed by atoms with Crippen LogP contribution in [0, 0.1) is 5.82 Å². The average molecular weight is 329 g/mol. The van der Waals surface area contributed by atoms with Crippen molar-refractivity contribution >= 4 is 28.8 Å². The van der Waals surface area contributed by atoms with Gasteiger partial charge in [-0.2, -0.15) is 0 Å². The molecule has 1 amide bonds. The molecule has 1 aromatic heterocycles. The molecule has 21 heavy (non-hydrogen) atoms. The van der Waals surface area contributed by atoms with Crippen molar-refractivity contribution in [1.29, 1.82) is 0 Å². The third kappa shape index (κ3) is 4.99. The van der Waals surface area contributed by atoms with Crippen molar-refractivity contribution in [2.75, 3.05) is 13.2 Å². The minimum Gasteiger partial charge on any atom is -0.494 e. The lowest BCUT2D eigenvalue weighted by atomic mass is 10.3. The standard InChI is InChI=1S/C14H14ClFN2O2S/c15-13-12(21-9-18-13)14(19)17-7-1-2-8-20-11-5-3-10(16)4-6-11/h3-6,9H,1-2,7-8H2,(H,17,19). The topological polar surface area (TPSA) is 51.2 Å². The van der Waals surface area contributed by atoms with Crippen molar-refractivity contribution < 1.29 is 13.9 Å². The third-order valence-electron chi connectivity index (χ3n) is 2.67. The number of benzene rings is 1. The molecule has 0 bridgehead atoms. The highest BCUT2D eigenvalue weighted by atomic mass is 35.5. The van der Waals surface area contributed by atoms with Gasteiger partial charge in [-0.25, -0.2) is 9.37 Å². The van der Waals surface area contributed by atoms with Crippen molar-refractivity contribution in [1.82, 2.24) is 10.3 Å². The predicted octanol–water partition coefficient (Wildman–Crippen LogP) is 3.52. The maximum Gasteiger partial charge on any atom is 0.264 e. The zero-order chi connectivity index (χ0) is 15.1. The van der Waals surface area contributed by atoms with Gasteiger partial charge in [-0.3, -0.25) is 4.79 Å². The van der Waals surface area contributed by atoms with Crippen LogP contribution >= 0.6 is 22.9 Å². The van der Waals surface area contributed by atoms with Gasteiger partial charge in [-0.05, 0) is 37.1 Å². The summed E-state index contributed by atoms with van der Waals surface area (Å²) in [7, 11) is 0. The van der Waals surface area contributed by atoms with E-state index in [0.717, 1.165) is 12.8 Å². The van der Waals surface area contributed by atoms with Gasteiger partial charge >= 0.3 is 0 Å². The summed E-state index contributed by atoms with van der Waals surface area (Å²) in [4.78, 5) is 16.0. The first-order valence-corrected chi connectivity index (χ1v) is 7.68. The minimum atomic E-state index is -0.285. The quantitative estimate of drug-likeness (QED) is 0.791. The number of amides is 1. The number of hydrogen-bond donors (Lipinski definition) is 1. The smallest absolute Gasteiger partial charge is 0.264 e. The molecule has 2 aromatic rings. The number of hydrogen-bond acceptors (Lipinski definition) is 4. The molecule has 0 saturated carbocycles. The summed E-state index contributed by atoms with van der Waals surface area (Å²) < 4.78 is 18.1. The fraction of sp³-hybridized carbons (Fsp3) is 0.286. The van der Waals surface area contributed by atoms with Crippen LogP contribution in [0.3, 0.4) is 0 Å². The average Bonchev–Trinajstić information content (AvgIpc) is 2.90. The molecule has 0 atom stereocenters. The summed E-state index contributed by atoms with van der Waals surface area (Å²) in [6, 6.07) is 5.88. The molecular weight excluding hydrogens is 315 g/mol. The zero-order valence-electron chi connectivity index (χ0n) is 11.1. The molecular formula is C14H14ClFN2O2S. The van der Waals surface area contributed by atoms with E-state index in [0.29, 0.717) is 23.8 Å². The van der Waals surface area contributed by atoms with Crippen LogP contribution in [0.1, 0.15) is 22.5 Å². The first kappa shape index (κ1) is 15.7. The van der Waals surface area contributed by atoms with Gasteiger partial charge in [0.25, 0.3) is 5.91 Å². The van der Waals surface area contributed by atoms with Gasteiger partial charge in [0.05, 0.1) is 12.1 Å². The van der Waals surface area contributed by atoms with Crippen molar-refractivity contribution in [3.63, 3.8) is 0 Å². The second-order valence-corrected chi connectivity index (χ2v) is 5.45. The molecule has 112 valence electrons. The molecule has 1 aromatic carbocycles. The van der Waals surface area contributed by atoms with E-state index < -0.39 is 0 Å². The fourth-order valence-electron chi connectivity index (χ4n) is 1.61. The monoisotopic (exact) mass is 328 g/mol. The molecule has 0 fully saturated rings. The number of halogens is 2. The normalized spacial score (nSPS) is 10.4. The number of unbranched alkanes of at least 4 members (excludes halogenated alkanes) is 1. The summed E-state index contributed by atoms with van der Waals surface area (Å²) in [5.74, 6) is 0.144. The maximum atomic E-state index is 12.7. The molecule has 0 unspecified atom stereocenters. The molecule has 2 rings (SSSR count). The predicted molar refractivity (Wildman–Crippen MR) is 80.6 cm³/mol. The van der Waals surface area contributed by atoms with E-state index >= 15 is 0 Å². The van der Waals surface area contributed by atoms with E-state index in [9.17, 15) is 9.18 Å². The molecule has 0 saturated heterocycles. The second-order valence-electron chi connectivity index (χ2n) is 4.24. The maximum absolute atomic E-state index is 12.7. The Balaban J connectivity index is 1.59. The van der Waals surface area contributed by atoms with Crippen LogP contribution in [0.15, 0.2) is 29.8 Å². The number of nitrogens with zero attached hydrogens (tertiary/aromatic N) is 1. The molecule has 4 nitrogen and oxygen atoms in total. The molecule has 0 aliphatic rings. The lowest BCUT2D eigenvalue weighted by Gasteiger charge is -2.06. The van der Waals surface area contributed by atoms with Crippen molar-refractivity contribution in [3.05, 3.63) is 45.6 Å². The Kier molecular flexibility index (Phi) is 5.95. The fourth-order valence-corrected chi connectivity index (χ4v) is 2.53. The number of nitrogens with one attached hydrogen (secondary N) is 1. The number of aromatic nitrogens is 1. The van der Waals surface area contributed by atoms with Gasteiger partial charge in [0.1, 0.15) is 16.4 Å². The number of rotatable bonds is 7. The third-order valence-corrected chi connectivity index (χ3v) is 3.89. The highest BCUT2D eigenvalue weighted by Crippen LogP contribution is 2.17. The summed E-state index contributed by atoms with van der Waals surface area (Å²) in [5, 5.41) is 3.01. The van der Waals surface area contributed by atoms with Crippen LogP contribution in [0.5, 0.6) is 5.75 Å². The lowest BCUT2D eigenvalue weighted by molar-refractivity contribution is 0.0956. The Bertz CT molecular complexity index is 589. The SMILES string of the molecule is O=C(NCCCCOc1ccc(F)cc1)c1scnc1Cl. The Labute approximate surface area is 130 Å². The van der Waals surface area contributed by atoms with Crippen molar-refractivity contribution in [2.45, 2.75) is 12.8 Å². The first-order chi connectivity index (χ1) is 10.2. The Morgan fingerprint density at radius 3 is 2.76 bits per heavy atom. The summed E-state index contributed by atoms with van der Waals surface area (Å²) in [5.41, 5.74) is 1.54. The summed E-state index contributed by atoms with van der Waals surface area (Å²) >= 11 is 6.98. The number of ether oxygens (including phenoxy) is 1. The van der Waals surface area contributed by atoms with E-state index in [4.69, 9.17) is 16.3 Å². The second kappa shape index (κ2) is 7.95. The highest BCUT2D eigenvalue weighted by Gasteiger charge is 2.11. The number of carbonyl (C=O) groups excluding carboxylic acids is 1. The van der Waals surface area contributed by atoms with Crippen LogP contribution < -0.4 is 10.1 Å². The van der Waals surface area contributed by atoms with Gasteiger partial charge in [0.15, 0.2) is 5.15 Å². The van der Waals surface area contributed by atoms with Gasteiger partial charge in [0.2, 0.25) is 0 Å². The molecule has 1 heterocycles. The molecule has 0 aliphatic heterocycles. The van der Waals surface area contributed by atoms with Crippen LogP contribution in [-0.4, -0.2) is 24.0 Å². The Morgan fingerprint density at radius 2 is 2.10 bits per heavy atom. The number of thiazole rings is 1. The molecule has 0 spiro atoms. The van der Waals surface area contributed by atoms with Gasteiger partial charge in [-0.1, -0.05) is 11.6 Å². The van der Waals surface area contributed by atoms with Crippen molar-refractivity contribution in [3.8, 4) is 5.75 Å². The van der Waals surface area contributed by atoms with Gasteiger partial charge in [0, 0.05) is 6.54 Å². The minimum absolute atomic E-state index is 0.207. The first-order valence-electron chi connectivity index (χ1n) is 6.42. The van der Waals surface area contributed by atoms with Crippen molar-refractivity contribution in [2.24, 2.45) is 0 Å². The van der Waals surface area contributed by atoms with E-state index in [1.165, 1.54) is 29.0 Å². The van der Waals surface area contributed by atoms with E-state index in [1.807, 2.05) is 0 Å². The molecule has 7 heteroatoms. The van der Waals surface area contributed by atoms with Crippen LogP contribution in [0.25, 0.3) is 0 Å². The zero-order valence-corrected chi connectivity index (χ0v) is 12.7. The van der Waals surface area contributed by atoms with Crippen LogP contribution in [0.2, 0.25) is 5.15 Å². The molecule has 0 aliphatic carbocycles. The van der Waals surface area contributed by atoms with E-state index in [-0.39, 0.29) is 16.9 Å². The van der Waals surface area contributed by atoms with Gasteiger partial charge < -0.3 is 10.1 Å². The molecule has 1 N–H and O–H groups in total. The van der Waals surface area contributed by atoms with Gasteiger partial charge in [-0.15, -0.1) is 11.3 Å². The van der Waals surface area contributed by atoms with Crippen LogP contribution in [-0.2, 0) is 0 Å². The number of carbonyl (C=O) groups is 1. The van der Waals surface area contributed by atoms with E-state index in [2.05, 4.69) is 10.3 Å². The summed E-state index contributed by atoms with van der Waals surface area (Å²) in [6.07, 6.45) is 1.57. The summed E-state index contributed by atoms with van der Waals surface area (Å²) in [6.45, 7) is 1.06. The van der Waals surface area contributed by atoms with E-state index in [1.54, 1.807) is 12.1 Å². The van der Waals surface area contributed by atoms with Crippen LogP contribution in [0.4, 0.5) is 4.39 Å². The molecule has 0 radical (unpaired) electrons. The highest BCUT2D eigenvalue weighted by molar-refractivity contribution is 7.12.